The molecule has 0 amide bonds. The molecule has 0 aromatic carbocycles. The van der Waals surface area contributed by atoms with Gasteiger partial charge in [0.05, 0.1) is 0 Å². The summed E-state index contributed by atoms with van der Waals surface area (Å²) >= 11 is -11.8. The minimum Gasteiger partial charge on any atom is 0 e. The smallest absolute Gasteiger partial charge is 0 e. The Bertz CT molecular complexity index is 130. The second-order valence-electron chi connectivity index (χ2n) is 0.894. The molecule has 0 aromatic heterocycles. The van der Waals surface area contributed by atoms with Crippen molar-refractivity contribution in [3.63, 3.8) is 0 Å². The maximum atomic E-state index is 8.61. The van der Waals surface area contributed by atoms with Crippen molar-refractivity contribution in [3.8, 4) is 0 Å². The predicted octanol–water partition coefficient (Wildman–Crippen LogP) is -9.28. The first-order valence-corrected chi connectivity index (χ1v) is 7.59. The van der Waals surface area contributed by atoms with Crippen LogP contribution in [0.5, 0.6) is 0 Å². The van der Waals surface area contributed by atoms with Gasteiger partial charge in [-0.1, -0.05) is 0 Å². The van der Waals surface area contributed by atoms with Crippen LogP contribution in [0.3, 0.4) is 0 Å². The summed E-state index contributed by atoms with van der Waals surface area (Å²) in [6, 6.07) is 0. The molecule has 0 unspecified atom stereocenters. The first-order valence-electron chi connectivity index (χ1n) is 1.46. The molecule has 12 radical (unpaired) electrons. The monoisotopic (exact) mass is 902 g/mol. The average Bonchev–Trinajstić information content (AvgIpc) is 1.12. The van der Waals surface area contributed by atoms with Gasteiger partial charge in [0.25, 0.3) is 0 Å². The first kappa shape index (κ1) is 29.9. The predicted molar refractivity (Wildman–Crippen MR) is 30.1 cm³/mol. The number of hydrogen-bond acceptors (Lipinski definition) is 8. The maximum Gasteiger partial charge on any atom is 0 e. The summed E-state index contributed by atoms with van der Waals surface area (Å²) in [4.78, 5) is 0. The molecular formula is As2O8Pb3-6. The van der Waals surface area contributed by atoms with Crippen LogP contribution in [0.1, 0.15) is 0 Å². The van der Waals surface area contributed by atoms with E-state index < -0.39 is 29.0 Å². The Balaban J connectivity index is -0.0000000267. The van der Waals surface area contributed by atoms with Crippen LogP contribution in [-0.2, 0) is 7.48 Å². The van der Waals surface area contributed by atoms with Crippen molar-refractivity contribution in [2.45, 2.75) is 0 Å². The van der Waals surface area contributed by atoms with Gasteiger partial charge in [-0.15, -0.1) is 0 Å². The van der Waals surface area contributed by atoms with Crippen LogP contribution in [0.4, 0.5) is 0 Å². The van der Waals surface area contributed by atoms with Crippen molar-refractivity contribution in [2.75, 3.05) is 0 Å². The van der Waals surface area contributed by atoms with E-state index in [-0.39, 0.29) is 81.9 Å². The summed E-state index contributed by atoms with van der Waals surface area (Å²) < 4.78 is 68.9. The second-order valence-corrected chi connectivity index (χ2v) is 4.65. The molecule has 0 heterocycles. The maximum absolute atomic E-state index is 8.61. The van der Waals surface area contributed by atoms with E-state index in [0.29, 0.717) is 0 Å². The van der Waals surface area contributed by atoms with E-state index in [2.05, 4.69) is 0 Å². The number of rotatable bonds is 0. The van der Waals surface area contributed by atoms with Crippen molar-refractivity contribution < 1.29 is 32.1 Å². The van der Waals surface area contributed by atoms with E-state index in [9.17, 15) is 0 Å². The molecule has 0 saturated heterocycles. The molecule has 0 spiro atoms. The fourth-order valence-electron chi connectivity index (χ4n) is 0. The van der Waals surface area contributed by atoms with E-state index in [1.54, 1.807) is 0 Å². The summed E-state index contributed by atoms with van der Waals surface area (Å²) in [5.74, 6) is 0. The van der Waals surface area contributed by atoms with Crippen molar-refractivity contribution in [1.29, 1.82) is 0 Å². The standard InChI is InChI=1S/2AsH3O4.3Pb/c2*2-1(3,4)5;;;/h2*(H3,2,3,4,5);;;/p-6. The van der Waals surface area contributed by atoms with Crippen LogP contribution in [0.25, 0.3) is 0 Å². The SMILES string of the molecule is O=[As]([O-])([O-])[O-].O=[As]([O-])([O-])[O-].[Pb].[Pb].[Pb]. The van der Waals surface area contributed by atoms with Gasteiger partial charge in [0.2, 0.25) is 0 Å². The van der Waals surface area contributed by atoms with Crippen molar-refractivity contribution >= 4 is 111 Å². The molecule has 0 saturated carbocycles. The molecule has 0 fully saturated rings. The van der Waals surface area contributed by atoms with Crippen LogP contribution in [0.2, 0.25) is 0 Å². The molecule has 13 heavy (non-hydrogen) atoms. The Morgan fingerprint density at radius 3 is 0.538 bits per heavy atom. The van der Waals surface area contributed by atoms with Gasteiger partial charge < -0.3 is 0 Å². The van der Waals surface area contributed by atoms with Crippen LogP contribution < -0.4 is 24.6 Å². The van der Waals surface area contributed by atoms with Gasteiger partial charge in [0.15, 0.2) is 0 Å². The zero-order valence-electron chi connectivity index (χ0n) is 5.66. The Morgan fingerprint density at radius 1 is 0.538 bits per heavy atom. The van der Waals surface area contributed by atoms with Gasteiger partial charge in [-0.25, -0.2) is 0 Å². The molecule has 0 aliphatic carbocycles. The van der Waals surface area contributed by atoms with E-state index in [0.717, 1.165) is 0 Å². The fourth-order valence-corrected chi connectivity index (χ4v) is 0. The molecule has 0 atom stereocenters. The number of hydrogen-bond donors (Lipinski definition) is 0. The average molecular weight is 899 g/mol. The molecule has 0 aromatic rings. The molecule has 13 heteroatoms. The van der Waals surface area contributed by atoms with Gasteiger partial charge in [-0.05, 0) is 0 Å². The third kappa shape index (κ3) is 254. The first-order chi connectivity index (χ1) is 4.00. The van der Waals surface area contributed by atoms with Gasteiger partial charge in [0, 0.05) is 81.9 Å². The molecule has 8 nitrogen and oxygen atoms in total. The van der Waals surface area contributed by atoms with Crippen LogP contribution in [-0.4, -0.2) is 111 Å². The van der Waals surface area contributed by atoms with Crippen LogP contribution >= 0.6 is 0 Å². The summed E-state index contributed by atoms with van der Waals surface area (Å²) in [5.41, 5.74) is 0. The van der Waals surface area contributed by atoms with Crippen LogP contribution in [0.15, 0.2) is 0 Å². The van der Waals surface area contributed by atoms with E-state index in [4.69, 9.17) is 32.1 Å². The molecule has 0 aliphatic heterocycles. The minimum absolute atomic E-state index is 0. The summed E-state index contributed by atoms with van der Waals surface area (Å²) in [6.07, 6.45) is 0. The Morgan fingerprint density at radius 2 is 0.538 bits per heavy atom. The zero-order valence-corrected chi connectivity index (χ0v) is 21.1. The molecule has 0 rings (SSSR count). The topological polar surface area (TPSA) is 172 Å². The molecular weight excluding hydrogens is 899 g/mol. The van der Waals surface area contributed by atoms with E-state index in [1.165, 1.54) is 0 Å². The van der Waals surface area contributed by atoms with E-state index in [1.807, 2.05) is 0 Å². The molecule has 0 N–H and O–H groups in total. The molecule has 0 aliphatic rings. The quantitative estimate of drug-likeness (QED) is 0.216. The summed E-state index contributed by atoms with van der Waals surface area (Å²) in [7, 11) is 0. The normalized spacial score (nSPS) is 9.08. The summed E-state index contributed by atoms with van der Waals surface area (Å²) in [6.45, 7) is 0. The Hall–Kier alpha value is 3.24. The van der Waals surface area contributed by atoms with E-state index >= 15 is 0 Å². The minimum atomic E-state index is -5.88. The van der Waals surface area contributed by atoms with Crippen molar-refractivity contribution in [1.82, 2.24) is 0 Å². The van der Waals surface area contributed by atoms with Gasteiger partial charge in [0.1, 0.15) is 0 Å². The Kier molecular flexibility index (Phi) is 30.6. The molecule has 76 valence electrons. The third-order valence-corrected chi connectivity index (χ3v) is 0. The van der Waals surface area contributed by atoms with Crippen LogP contribution in [0, 0.1) is 0 Å². The van der Waals surface area contributed by atoms with Gasteiger partial charge in [-0.2, -0.15) is 0 Å². The Labute approximate surface area is 140 Å². The third-order valence-electron chi connectivity index (χ3n) is 0. The van der Waals surface area contributed by atoms with Crippen molar-refractivity contribution in [3.05, 3.63) is 0 Å². The zero-order chi connectivity index (χ0) is 9.00. The summed E-state index contributed by atoms with van der Waals surface area (Å²) in [5, 5.41) is 0. The largest absolute Gasteiger partial charge is 0 e. The van der Waals surface area contributed by atoms with Gasteiger partial charge in [-0.3, -0.25) is 0 Å². The van der Waals surface area contributed by atoms with Crippen molar-refractivity contribution in [2.24, 2.45) is 0 Å². The fraction of sp³-hybridized carbons (Fsp3) is 0. The second kappa shape index (κ2) is 13.3. The molecule has 0 bridgehead atoms. The van der Waals surface area contributed by atoms with Gasteiger partial charge >= 0.3 is 61.1 Å².